The molecule has 20 heavy (non-hydrogen) atoms. The second kappa shape index (κ2) is 4.54. The highest BCUT2D eigenvalue weighted by atomic mass is 16.1. The lowest BCUT2D eigenvalue weighted by molar-refractivity contribution is 0.0738. The summed E-state index contributed by atoms with van der Waals surface area (Å²) in [5, 5.41) is 0. The number of Topliss-reactive ketones (excluding diaryl/α,β-unsaturated/α-hetero) is 2. The Balaban J connectivity index is 1.88. The number of fused-ring (bicyclic) bond motifs is 4. The lowest BCUT2D eigenvalue weighted by Crippen LogP contribution is -2.35. The van der Waals surface area contributed by atoms with Gasteiger partial charge in [-0.05, 0) is 37.5 Å². The molecule has 0 aliphatic heterocycles. The first-order valence-electron chi connectivity index (χ1n) is 7.95. The Hall–Kier alpha value is -1.44. The summed E-state index contributed by atoms with van der Waals surface area (Å²) in [5.41, 5.74) is 1.39. The number of carbonyl (C=O) groups is 2. The van der Waals surface area contributed by atoms with Crippen LogP contribution in [0.15, 0.2) is 24.3 Å². The van der Waals surface area contributed by atoms with E-state index in [9.17, 15) is 9.59 Å². The average molecular weight is 268 g/mol. The number of hydrogen-bond donors (Lipinski definition) is 0. The second-order valence-electron chi connectivity index (χ2n) is 6.68. The summed E-state index contributed by atoms with van der Waals surface area (Å²) in [6.45, 7) is 0. The maximum Gasteiger partial charge on any atom is 0.166 e. The maximum absolute atomic E-state index is 12.9. The van der Waals surface area contributed by atoms with Crippen LogP contribution in [0, 0.1) is 23.7 Å². The summed E-state index contributed by atoms with van der Waals surface area (Å²) < 4.78 is 0. The van der Waals surface area contributed by atoms with E-state index in [1.54, 1.807) is 0 Å². The monoisotopic (exact) mass is 268 g/mol. The minimum absolute atomic E-state index is 0.176. The van der Waals surface area contributed by atoms with E-state index < -0.39 is 0 Å². The standard InChI is InChI=1S/C18H20O2/c19-17-13-9-3-7-11(13)12-8-4-10-14(12)18(20)16-6-2-1-5-15(16)17/h1-2,5-6,11-14H,3-4,7-10H2. The fourth-order valence-corrected chi connectivity index (χ4v) is 4.97. The molecule has 0 aromatic heterocycles. The highest BCUT2D eigenvalue weighted by Crippen LogP contribution is 2.50. The van der Waals surface area contributed by atoms with E-state index >= 15 is 0 Å². The normalized spacial score (nSPS) is 36.0. The molecule has 0 N–H and O–H groups in total. The zero-order valence-electron chi connectivity index (χ0n) is 11.7. The fourth-order valence-electron chi connectivity index (χ4n) is 4.97. The Kier molecular flexibility index (Phi) is 2.80. The van der Waals surface area contributed by atoms with Crippen molar-refractivity contribution in [2.24, 2.45) is 23.7 Å². The molecular weight excluding hydrogens is 248 g/mol. The molecule has 2 saturated carbocycles. The minimum atomic E-state index is 0.176. The van der Waals surface area contributed by atoms with Gasteiger partial charge in [0.15, 0.2) is 11.6 Å². The molecule has 0 amide bonds. The quantitative estimate of drug-likeness (QED) is 0.715. The first kappa shape index (κ1) is 12.3. The van der Waals surface area contributed by atoms with Crippen molar-refractivity contribution in [2.45, 2.75) is 38.5 Å². The summed E-state index contributed by atoms with van der Waals surface area (Å²) in [4.78, 5) is 25.7. The van der Waals surface area contributed by atoms with Crippen LogP contribution in [-0.2, 0) is 0 Å². The van der Waals surface area contributed by atoms with Crippen molar-refractivity contribution in [2.75, 3.05) is 0 Å². The van der Waals surface area contributed by atoms with Crippen LogP contribution in [0.4, 0.5) is 0 Å². The smallest absolute Gasteiger partial charge is 0.166 e. The third-order valence-electron chi connectivity index (χ3n) is 5.82. The van der Waals surface area contributed by atoms with E-state index in [1.165, 1.54) is 0 Å². The zero-order valence-corrected chi connectivity index (χ0v) is 11.7. The molecule has 3 aliphatic carbocycles. The molecular formula is C18H20O2. The van der Waals surface area contributed by atoms with Crippen molar-refractivity contribution in [3.05, 3.63) is 35.4 Å². The Morgan fingerprint density at radius 2 is 1.15 bits per heavy atom. The van der Waals surface area contributed by atoms with E-state index in [1.807, 2.05) is 24.3 Å². The zero-order chi connectivity index (χ0) is 13.7. The van der Waals surface area contributed by atoms with E-state index in [0.29, 0.717) is 23.0 Å². The molecule has 4 atom stereocenters. The van der Waals surface area contributed by atoms with Crippen LogP contribution < -0.4 is 0 Å². The van der Waals surface area contributed by atoms with Crippen LogP contribution >= 0.6 is 0 Å². The molecule has 2 fully saturated rings. The number of ketones is 2. The van der Waals surface area contributed by atoms with Crippen molar-refractivity contribution in [1.29, 1.82) is 0 Å². The van der Waals surface area contributed by atoms with Crippen LogP contribution in [-0.4, -0.2) is 11.6 Å². The number of hydrogen-bond acceptors (Lipinski definition) is 2. The van der Waals surface area contributed by atoms with Crippen molar-refractivity contribution < 1.29 is 9.59 Å². The fraction of sp³-hybridized carbons (Fsp3) is 0.556. The van der Waals surface area contributed by atoms with Gasteiger partial charge in [-0.2, -0.15) is 0 Å². The molecule has 2 nitrogen and oxygen atoms in total. The number of benzene rings is 1. The van der Waals surface area contributed by atoms with Crippen LogP contribution in [0.3, 0.4) is 0 Å². The molecule has 4 unspecified atom stereocenters. The van der Waals surface area contributed by atoms with Gasteiger partial charge < -0.3 is 0 Å². The van der Waals surface area contributed by atoms with Gasteiger partial charge in [0.05, 0.1) is 0 Å². The van der Waals surface area contributed by atoms with Crippen molar-refractivity contribution in [3.8, 4) is 0 Å². The summed E-state index contributed by atoms with van der Waals surface area (Å²) in [6, 6.07) is 7.50. The largest absolute Gasteiger partial charge is 0.294 e. The molecule has 0 radical (unpaired) electrons. The van der Waals surface area contributed by atoms with E-state index in [-0.39, 0.29) is 23.4 Å². The van der Waals surface area contributed by atoms with Crippen LogP contribution in [0.2, 0.25) is 0 Å². The van der Waals surface area contributed by atoms with Crippen molar-refractivity contribution >= 4 is 11.6 Å². The number of rotatable bonds is 0. The van der Waals surface area contributed by atoms with E-state index in [0.717, 1.165) is 38.5 Å². The van der Waals surface area contributed by atoms with Crippen LogP contribution in [0.5, 0.6) is 0 Å². The van der Waals surface area contributed by atoms with Gasteiger partial charge in [-0.1, -0.05) is 37.1 Å². The lowest BCUT2D eigenvalue weighted by Gasteiger charge is -2.32. The maximum atomic E-state index is 12.9. The van der Waals surface area contributed by atoms with E-state index in [2.05, 4.69) is 0 Å². The third-order valence-corrected chi connectivity index (χ3v) is 5.82. The summed E-state index contributed by atoms with van der Waals surface area (Å²) in [5.74, 6) is 1.76. The predicted molar refractivity (Wildman–Crippen MR) is 76.8 cm³/mol. The van der Waals surface area contributed by atoms with Crippen LogP contribution in [0.25, 0.3) is 0 Å². The Labute approximate surface area is 119 Å². The molecule has 3 aliphatic rings. The SMILES string of the molecule is O=C1c2ccccc2C(=O)C2CCCC2C2CCCC12. The molecule has 0 bridgehead atoms. The first-order valence-corrected chi connectivity index (χ1v) is 7.95. The van der Waals surface area contributed by atoms with Crippen molar-refractivity contribution in [1.82, 2.24) is 0 Å². The molecule has 104 valence electrons. The Morgan fingerprint density at radius 3 is 1.60 bits per heavy atom. The summed E-state index contributed by atoms with van der Waals surface area (Å²) in [6.07, 6.45) is 6.64. The topological polar surface area (TPSA) is 34.1 Å². The van der Waals surface area contributed by atoms with E-state index in [4.69, 9.17) is 0 Å². The third kappa shape index (κ3) is 1.63. The average Bonchev–Trinajstić information content (AvgIpc) is 3.12. The number of carbonyl (C=O) groups excluding carboxylic acids is 2. The molecule has 1 aromatic carbocycles. The highest BCUT2D eigenvalue weighted by molar-refractivity contribution is 6.11. The van der Waals surface area contributed by atoms with Crippen LogP contribution in [0.1, 0.15) is 59.2 Å². The summed E-state index contributed by atoms with van der Waals surface area (Å²) >= 11 is 0. The van der Waals surface area contributed by atoms with Gasteiger partial charge in [0.2, 0.25) is 0 Å². The van der Waals surface area contributed by atoms with Crippen molar-refractivity contribution in [3.63, 3.8) is 0 Å². The molecule has 4 rings (SSSR count). The predicted octanol–water partition coefficient (Wildman–Crippen LogP) is 3.90. The second-order valence-corrected chi connectivity index (χ2v) is 6.68. The molecule has 1 aromatic rings. The molecule has 0 saturated heterocycles. The van der Waals surface area contributed by atoms with Gasteiger partial charge in [0.1, 0.15) is 0 Å². The van der Waals surface area contributed by atoms with Gasteiger partial charge in [-0.25, -0.2) is 0 Å². The van der Waals surface area contributed by atoms with Gasteiger partial charge in [-0.3, -0.25) is 9.59 Å². The van der Waals surface area contributed by atoms with Gasteiger partial charge >= 0.3 is 0 Å². The Morgan fingerprint density at radius 1 is 0.700 bits per heavy atom. The minimum Gasteiger partial charge on any atom is -0.294 e. The first-order chi connectivity index (χ1) is 9.77. The van der Waals surface area contributed by atoms with Gasteiger partial charge in [0.25, 0.3) is 0 Å². The molecule has 2 heteroatoms. The molecule has 0 heterocycles. The Bertz CT molecular complexity index is 524. The lowest BCUT2D eigenvalue weighted by atomic mass is 9.70. The molecule has 0 spiro atoms. The summed E-state index contributed by atoms with van der Waals surface area (Å²) in [7, 11) is 0. The van der Waals surface area contributed by atoms with Gasteiger partial charge in [0, 0.05) is 23.0 Å². The highest BCUT2D eigenvalue weighted by Gasteiger charge is 2.47. The van der Waals surface area contributed by atoms with Gasteiger partial charge in [-0.15, -0.1) is 0 Å².